The van der Waals surface area contributed by atoms with E-state index in [1.807, 2.05) is 6.07 Å². The molecule has 1 heterocycles. The minimum absolute atomic E-state index is 0.202. The number of carbonyl (C=O) groups is 1. The maximum absolute atomic E-state index is 12.6. The third-order valence-corrected chi connectivity index (χ3v) is 6.44. The first-order valence-corrected chi connectivity index (χ1v) is 9.96. The topological polar surface area (TPSA) is 85.4 Å². The molecule has 6 nitrogen and oxygen atoms in total. The highest BCUT2D eigenvalue weighted by molar-refractivity contribution is 7.92. The number of nitrogens with zero attached hydrogens (tertiary/aromatic N) is 1. The molecule has 1 N–H and O–H groups in total. The molecule has 3 aromatic rings. The first-order valence-electron chi connectivity index (χ1n) is 8.41. The van der Waals surface area contributed by atoms with Crippen molar-refractivity contribution in [3.05, 3.63) is 60.3 Å². The van der Waals surface area contributed by atoms with Crippen LogP contribution in [0.2, 0.25) is 0 Å². The van der Waals surface area contributed by atoms with Crippen LogP contribution in [0.5, 0.6) is 5.75 Å². The Balaban J connectivity index is 1.89. The molecule has 0 aliphatic carbocycles. The summed E-state index contributed by atoms with van der Waals surface area (Å²) in [5.41, 5.74) is 1.62. The fourth-order valence-corrected chi connectivity index (χ4v) is 3.74. The Hall–Kier alpha value is -2.93. The third-order valence-electron chi connectivity index (χ3n) is 4.27. The molecule has 0 atom stereocenters. The van der Waals surface area contributed by atoms with Crippen LogP contribution in [-0.2, 0) is 9.84 Å². The first kappa shape index (κ1) is 18.8. The van der Waals surface area contributed by atoms with Crippen molar-refractivity contribution in [1.29, 1.82) is 0 Å². The number of fused-ring (bicyclic) bond motifs is 1. The van der Waals surface area contributed by atoms with E-state index >= 15 is 0 Å². The van der Waals surface area contributed by atoms with Crippen molar-refractivity contribution in [3.8, 4) is 5.75 Å². The predicted molar refractivity (Wildman–Crippen MR) is 105 cm³/mol. The summed E-state index contributed by atoms with van der Waals surface area (Å²) >= 11 is 0. The Kier molecular flexibility index (Phi) is 5.14. The highest BCUT2D eigenvalue weighted by Gasteiger charge is 2.19. The maximum atomic E-state index is 12.6. The second-order valence-electron chi connectivity index (χ2n) is 6.29. The van der Waals surface area contributed by atoms with Gasteiger partial charge in [0, 0.05) is 17.1 Å². The van der Waals surface area contributed by atoms with Crippen LogP contribution in [0.3, 0.4) is 0 Å². The van der Waals surface area contributed by atoms with Gasteiger partial charge in [0.1, 0.15) is 11.3 Å². The van der Waals surface area contributed by atoms with E-state index in [1.165, 1.54) is 24.3 Å². The minimum Gasteiger partial charge on any atom is -0.494 e. The Morgan fingerprint density at radius 3 is 2.41 bits per heavy atom. The fraction of sp³-hybridized carbons (Fsp3) is 0.200. The van der Waals surface area contributed by atoms with Gasteiger partial charge >= 0.3 is 0 Å². The lowest BCUT2D eigenvalue weighted by atomic mass is 10.1. The molecule has 0 saturated carbocycles. The molecule has 0 aliphatic rings. The molecule has 0 spiro atoms. The van der Waals surface area contributed by atoms with Crippen molar-refractivity contribution in [2.75, 3.05) is 12.4 Å². The Morgan fingerprint density at radius 2 is 1.78 bits per heavy atom. The fourth-order valence-electron chi connectivity index (χ4n) is 2.68. The van der Waals surface area contributed by atoms with Gasteiger partial charge in [-0.15, -0.1) is 0 Å². The number of ether oxygens (including phenoxy) is 1. The monoisotopic (exact) mass is 384 g/mol. The third kappa shape index (κ3) is 3.64. The van der Waals surface area contributed by atoms with Gasteiger partial charge < -0.3 is 10.1 Å². The lowest BCUT2D eigenvalue weighted by Gasteiger charge is -2.12. The normalized spacial score (nSPS) is 11.6. The standard InChI is InChI=1S/C20H20N2O4S/c1-13(2)27(24,25)15-8-6-14(7-9-15)20(23)22-17-10-11-18(26-3)19-16(17)5-4-12-21-19/h4-13H,1-3H3,(H,22,23). The molecule has 0 bridgehead atoms. The number of aromatic nitrogens is 1. The molecule has 2 aromatic carbocycles. The first-order chi connectivity index (χ1) is 12.8. The van der Waals surface area contributed by atoms with Crippen LogP contribution in [0.25, 0.3) is 10.9 Å². The van der Waals surface area contributed by atoms with Crippen molar-refractivity contribution in [1.82, 2.24) is 4.98 Å². The van der Waals surface area contributed by atoms with E-state index in [-0.39, 0.29) is 10.8 Å². The number of pyridine rings is 1. The largest absolute Gasteiger partial charge is 0.494 e. The summed E-state index contributed by atoms with van der Waals surface area (Å²) in [6.45, 7) is 3.25. The number of amides is 1. The summed E-state index contributed by atoms with van der Waals surface area (Å²) in [4.78, 5) is 17.1. The number of sulfone groups is 1. The zero-order valence-corrected chi connectivity index (χ0v) is 16.1. The van der Waals surface area contributed by atoms with Crippen molar-refractivity contribution >= 4 is 32.3 Å². The van der Waals surface area contributed by atoms with Gasteiger partial charge in [-0.25, -0.2) is 8.42 Å². The van der Waals surface area contributed by atoms with E-state index < -0.39 is 15.1 Å². The molecular weight excluding hydrogens is 364 g/mol. The second-order valence-corrected chi connectivity index (χ2v) is 8.79. The van der Waals surface area contributed by atoms with Crippen molar-refractivity contribution in [3.63, 3.8) is 0 Å². The van der Waals surface area contributed by atoms with Crippen molar-refractivity contribution in [2.24, 2.45) is 0 Å². The van der Waals surface area contributed by atoms with Gasteiger partial charge in [0.2, 0.25) is 0 Å². The van der Waals surface area contributed by atoms with Crippen LogP contribution in [0.4, 0.5) is 5.69 Å². The van der Waals surface area contributed by atoms with Gasteiger partial charge in [0.25, 0.3) is 5.91 Å². The SMILES string of the molecule is COc1ccc(NC(=O)c2ccc(S(=O)(=O)C(C)C)cc2)c2cccnc12. The molecule has 3 rings (SSSR count). The number of hydrogen-bond donors (Lipinski definition) is 1. The highest BCUT2D eigenvalue weighted by Crippen LogP contribution is 2.30. The van der Waals surface area contributed by atoms with Gasteiger partial charge in [0.05, 0.1) is 22.9 Å². The summed E-state index contributed by atoms with van der Waals surface area (Å²) in [6.07, 6.45) is 1.66. The Labute approximate surface area is 158 Å². The summed E-state index contributed by atoms with van der Waals surface area (Å²) in [5.74, 6) is 0.283. The van der Waals surface area contributed by atoms with Crippen molar-refractivity contribution in [2.45, 2.75) is 24.0 Å². The summed E-state index contributed by atoms with van der Waals surface area (Å²) < 4.78 is 29.7. The van der Waals surface area contributed by atoms with Crippen LogP contribution in [0.1, 0.15) is 24.2 Å². The molecule has 1 aromatic heterocycles. The molecule has 0 aliphatic heterocycles. The number of hydrogen-bond acceptors (Lipinski definition) is 5. The number of benzene rings is 2. The van der Waals surface area contributed by atoms with Gasteiger partial charge in [0.15, 0.2) is 9.84 Å². The van der Waals surface area contributed by atoms with E-state index in [4.69, 9.17) is 4.74 Å². The molecule has 27 heavy (non-hydrogen) atoms. The number of anilines is 1. The maximum Gasteiger partial charge on any atom is 0.255 e. The quantitative estimate of drug-likeness (QED) is 0.725. The van der Waals surface area contributed by atoms with Gasteiger partial charge in [-0.2, -0.15) is 0 Å². The predicted octanol–water partition coefficient (Wildman–Crippen LogP) is 3.68. The zero-order chi connectivity index (χ0) is 19.6. The van der Waals surface area contributed by atoms with Crippen LogP contribution >= 0.6 is 0 Å². The summed E-state index contributed by atoms with van der Waals surface area (Å²) in [5, 5.41) is 3.09. The average molecular weight is 384 g/mol. The Bertz CT molecular complexity index is 1090. The highest BCUT2D eigenvalue weighted by atomic mass is 32.2. The summed E-state index contributed by atoms with van der Waals surface area (Å²) in [7, 11) is -1.80. The van der Waals surface area contributed by atoms with Gasteiger partial charge in [-0.3, -0.25) is 9.78 Å². The summed E-state index contributed by atoms with van der Waals surface area (Å²) in [6, 6.07) is 13.0. The molecule has 0 saturated heterocycles. The molecule has 7 heteroatoms. The molecule has 0 unspecified atom stereocenters. The van der Waals surface area contributed by atoms with Gasteiger partial charge in [-0.05, 0) is 62.4 Å². The number of rotatable bonds is 5. The average Bonchev–Trinajstić information content (AvgIpc) is 2.68. The molecule has 0 radical (unpaired) electrons. The van der Waals surface area contributed by atoms with Crippen molar-refractivity contribution < 1.29 is 17.9 Å². The second kappa shape index (κ2) is 7.36. The number of nitrogens with one attached hydrogen (secondary N) is 1. The zero-order valence-electron chi connectivity index (χ0n) is 15.3. The van der Waals surface area contributed by atoms with E-state index in [0.717, 1.165) is 5.39 Å². The van der Waals surface area contributed by atoms with Crippen LogP contribution < -0.4 is 10.1 Å². The number of methoxy groups -OCH3 is 1. The van der Waals surface area contributed by atoms with Gasteiger partial charge in [-0.1, -0.05) is 0 Å². The smallest absolute Gasteiger partial charge is 0.255 e. The lowest BCUT2D eigenvalue weighted by molar-refractivity contribution is 0.102. The van der Waals surface area contributed by atoms with Crippen LogP contribution in [-0.4, -0.2) is 31.7 Å². The van der Waals surface area contributed by atoms with E-state index in [2.05, 4.69) is 10.3 Å². The molecule has 0 fully saturated rings. The number of carbonyl (C=O) groups excluding carboxylic acids is 1. The molecule has 140 valence electrons. The van der Waals surface area contributed by atoms with Crippen LogP contribution in [0, 0.1) is 0 Å². The lowest BCUT2D eigenvalue weighted by Crippen LogP contribution is -2.15. The minimum atomic E-state index is -3.37. The van der Waals surface area contributed by atoms with E-state index in [9.17, 15) is 13.2 Å². The molecule has 1 amide bonds. The molecular formula is C20H20N2O4S. The van der Waals surface area contributed by atoms with Crippen LogP contribution in [0.15, 0.2) is 59.6 Å². The van der Waals surface area contributed by atoms with E-state index in [0.29, 0.717) is 22.5 Å². The van der Waals surface area contributed by atoms with E-state index in [1.54, 1.807) is 45.4 Å². The Morgan fingerprint density at radius 1 is 1.07 bits per heavy atom.